The Morgan fingerprint density at radius 3 is 2.54 bits per heavy atom. The number of aryl methyl sites for hydroxylation is 1. The molecular formula is C22H22ClN3O2. The third-order valence-corrected chi connectivity index (χ3v) is 4.72. The number of carbonyl (C=O) groups excluding carboxylic acids is 1. The number of hydrogen-bond acceptors (Lipinski definition) is 4. The average Bonchev–Trinajstić information content (AvgIpc) is 2.71. The molecule has 28 heavy (non-hydrogen) atoms. The van der Waals surface area contributed by atoms with Crippen LogP contribution in [-0.4, -0.2) is 24.5 Å². The molecule has 0 aliphatic rings. The number of nitrogens with zero attached hydrogens (tertiary/aromatic N) is 1. The number of anilines is 2. The van der Waals surface area contributed by atoms with Crippen LogP contribution >= 0.6 is 11.6 Å². The van der Waals surface area contributed by atoms with E-state index in [1.165, 1.54) is 0 Å². The molecule has 0 radical (unpaired) electrons. The van der Waals surface area contributed by atoms with Crippen molar-refractivity contribution in [2.24, 2.45) is 0 Å². The summed E-state index contributed by atoms with van der Waals surface area (Å²) in [5, 5.41) is 6.84. The first kappa shape index (κ1) is 19.7. The molecule has 0 bridgehead atoms. The molecular weight excluding hydrogens is 374 g/mol. The van der Waals surface area contributed by atoms with Crippen molar-refractivity contribution in [2.45, 2.75) is 13.3 Å². The van der Waals surface area contributed by atoms with Gasteiger partial charge in [0.2, 0.25) is 0 Å². The van der Waals surface area contributed by atoms with E-state index in [4.69, 9.17) is 16.3 Å². The Bertz CT molecular complexity index is 958. The van der Waals surface area contributed by atoms with E-state index in [0.717, 1.165) is 34.7 Å². The molecule has 0 aliphatic carbocycles. The molecule has 144 valence electrons. The second kappa shape index (κ2) is 9.24. The van der Waals surface area contributed by atoms with Gasteiger partial charge in [0, 0.05) is 29.1 Å². The smallest absolute Gasteiger partial charge is 0.269 e. The topological polar surface area (TPSA) is 63.2 Å². The number of rotatable bonds is 7. The van der Waals surface area contributed by atoms with Gasteiger partial charge in [-0.15, -0.1) is 0 Å². The van der Waals surface area contributed by atoms with Gasteiger partial charge in [-0.1, -0.05) is 29.8 Å². The maximum absolute atomic E-state index is 12.4. The summed E-state index contributed by atoms with van der Waals surface area (Å²) in [6, 6.07) is 17.1. The van der Waals surface area contributed by atoms with Gasteiger partial charge in [-0.3, -0.25) is 9.78 Å². The molecule has 2 aromatic carbocycles. The van der Waals surface area contributed by atoms with Crippen LogP contribution in [0.2, 0.25) is 5.02 Å². The molecule has 0 spiro atoms. The highest BCUT2D eigenvalue weighted by Crippen LogP contribution is 2.23. The molecule has 5 nitrogen and oxygen atoms in total. The Morgan fingerprint density at radius 2 is 1.82 bits per heavy atom. The average molecular weight is 396 g/mol. The van der Waals surface area contributed by atoms with Gasteiger partial charge in [0.25, 0.3) is 5.91 Å². The number of methoxy groups -OCH3 is 1. The Labute approximate surface area is 169 Å². The molecule has 1 amide bonds. The van der Waals surface area contributed by atoms with Crippen molar-refractivity contribution >= 4 is 28.9 Å². The summed E-state index contributed by atoms with van der Waals surface area (Å²) in [6.45, 7) is 2.48. The van der Waals surface area contributed by atoms with Crippen LogP contribution in [0.15, 0.2) is 60.8 Å². The standard InChI is InChI=1S/C22H22ClN3O2/c1-15-3-6-17(13-20(15)23)26-18-10-12-24-21(14-18)22(27)25-11-9-16-4-7-19(28-2)8-5-16/h3-8,10,12-14H,9,11H2,1-2H3,(H,24,26)(H,25,27). The molecule has 0 saturated carbocycles. The number of aromatic nitrogens is 1. The molecule has 0 unspecified atom stereocenters. The summed E-state index contributed by atoms with van der Waals surface area (Å²) in [7, 11) is 1.64. The monoisotopic (exact) mass is 395 g/mol. The van der Waals surface area contributed by atoms with Crippen molar-refractivity contribution in [3.8, 4) is 5.75 Å². The Kier molecular flexibility index (Phi) is 6.50. The van der Waals surface area contributed by atoms with Crippen LogP contribution in [0.5, 0.6) is 5.75 Å². The first-order valence-electron chi connectivity index (χ1n) is 8.95. The maximum atomic E-state index is 12.4. The molecule has 0 fully saturated rings. The second-order valence-electron chi connectivity index (χ2n) is 6.37. The van der Waals surface area contributed by atoms with Crippen molar-refractivity contribution in [3.05, 3.63) is 82.6 Å². The van der Waals surface area contributed by atoms with Crippen molar-refractivity contribution < 1.29 is 9.53 Å². The van der Waals surface area contributed by atoms with Crippen molar-refractivity contribution in [1.82, 2.24) is 10.3 Å². The fourth-order valence-corrected chi connectivity index (χ4v) is 2.85. The lowest BCUT2D eigenvalue weighted by Crippen LogP contribution is -2.26. The Hall–Kier alpha value is -3.05. The quantitative estimate of drug-likeness (QED) is 0.605. The minimum absolute atomic E-state index is 0.209. The van der Waals surface area contributed by atoms with Crippen LogP contribution < -0.4 is 15.4 Å². The van der Waals surface area contributed by atoms with Gasteiger partial charge in [-0.25, -0.2) is 0 Å². The van der Waals surface area contributed by atoms with Crippen LogP contribution in [0.3, 0.4) is 0 Å². The molecule has 6 heteroatoms. The third-order valence-electron chi connectivity index (χ3n) is 4.31. The number of carbonyl (C=O) groups is 1. The van der Waals surface area contributed by atoms with Gasteiger partial charge in [0.05, 0.1) is 7.11 Å². The number of nitrogens with one attached hydrogen (secondary N) is 2. The highest BCUT2D eigenvalue weighted by Gasteiger charge is 2.08. The number of amides is 1. The summed E-state index contributed by atoms with van der Waals surface area (Å²) >= 11 is 6.16. The Morgan fingerprint density at radius 1 is 1.07 bits per heavy atom. The van der Waals surface area contributed by atoms with E-state index in [9.17, 15) is 4.79 Å². The van der Waals surface area contributed by atoms with Gasteiger partial charge in [-0.05, 0) is 60.9 Å². The van der Waals surface area contributed by atoms with Crippen molar-refractivity contribution in [1.29, 1.82) is 0 Å². The highest BCUT2D eigenvalue weighted by molar-refractivity contribution is 6.31. The molecule has 0 atom stereocenters. The van der Waals surface area contributed by atoms with Gasteiger partial charge in [0.1, 0.15) is 11.4 Å². The maximum Gasteiger partial charge on any atom is 0.269 e. The molecule has 0 aliphatic heterocycles. The largest absolute Gasteiger partial charge is 0.497 e. The molecule has 0 saturated heterocycles. The summed E-state index contributed by atoms with van der Waals surface area (Å²) in [5.74, 6) is 0.607. The molecule has 3 rings (SSSR count). The lowest BCUT2D eigenvalue weighted by molar-refractivity contribution is 0.0949. The minimum Gasteiger partial charge on any atom is -0.497 e. The van der Waals surface area contributed by atoms with Crippen LogP contribution in [-0.2, 0) is 6.42 Å². The van der Waals surface area contributed by atoms with Crippen LogP contribution in [0.4, 0.5) is 11.4 Å². The van der Waals surface area contributed by atoms with E-state index in [-0.39, 0.29) is 5.91 Å². The molecule has 3 aromatic rings. The van der Waals surface area contributed by atoms with Crippen LogP contribution in [0.25, 0.3) is 0 Å². The van der Waals surface area contributed by atoms with Gasteiger partial charge < -0.3 is 15.4 Å². The zero-order chi connectivity index (χ0) is 19.9. The number of halogens is 1. The zero-order valence-electron chi connectivity index (χ0n) is 15.8. The molecule has 2 N–H and O–H groups in total. The number of hydrogen-bond donors (Lipinski definition) is 2. The Balaban J connectivity index is 1.57. The van der Waals surface area contributed by atoms with Crippen molar-refractivity contribution in [2.75, 3.05) is 19.0 Å². The first-order valence-corrected chi connectivity index (χ1v) is 9.33. The number of benzene rings is 2. The summed E-state index contributed by atoms with van der Waals surface area (Å²) < 4.78 is 5.14. The van der Waals surface area contributed by atoms with E-state index < -0.39 is 0 Å². The van der Waals surface area contributed by atoms with Crippen LogP contribution in [0, 0.1) is 6.92 Å². The van der Waals surface area contributed by atoms with Gasteiger partial charge >= 0.3 is 0 Å². The van der Waals surface area contributed by atoms with E-state index in [1.54, 1.807) is 19.4 Å². The SMILES string of the molecule is COc1ccc(CCNC(=O)c2cc(Nc3ccc(C)c(Cl)c3)ccn2)cc1. The summed E-state index contributed by atoms with van der Waals surface area (Å²) in [5.41, 5.74) is 4.13. The summed E-state index contributed by atoms with van der Waals surface area (Å²) in [4.78, 5) is 16.6. The van der Waals surface area contributed by atoms with E-state index >= 15 is 0 Å². The van der Waals surface area contributed by atoms with E-state index in [0.29, 0.717) is 17.3 Å². The van der Waals surface area contributed by atoms with Gasteiger partial charge in [0.15, 0.2) is 0 Å². The van der Waals surface area contributed by atoms with Crippen LogP contribution in [0.1, 0.15) is 21.6 Å². The predicted molar refractivity (Wildman–Crippen MR) is 113 cm³/mol. The number of pyridine rings is 1. The number of ether oxygens (including phenoxy) is 1. The predicted octanol–water partition coefficient (Wildman–Crippen LogP) is 4.77. The normalized spacial score (nSPS) is 10.4. The lowest BCUT2D eigenvalue weighted by Gasteiger charge is -2.10. The highest BCUT2D eigenvalue weighted by atomic mass is 35.5. The molecule has 1 heterocycles. The van der Waals surface area contributed by atoms with Gasteiger partial charge in [-0.2, -0.15) is 0 Å². The molecule has 1 aromatic heterocycles. The fourth-order valence-electron chi connectivity index (χ4n) is 2.67. The van der Waals surface area contributed by atoms with E-state index in [1.807, 2.05) is 55.5 Å². The zero-order valence-corrected chi connectivity index (χ0v) is 16.6. The lowest BCUT2D eigenvalue weighted by atomic mass is 10.1. The second-order valence-corrected chi connectivity index (χ2v) is 6.78. The summed E-state index contributed by atoms with van der Waals surface area (Å²) in [6.07, 6.45) is 2.34. The fraction of sp³-hybridized carbons (Fsp3) is 0.182. The minimum atomic E-state index is -0.209. The third kappa shape index (κ3) is 5.24. The first-order chi connectivity index (χ1) is 13.5. The van der Waals surface area contributed by atoms with E-state index in [2.05, 4.69) is 15.6 Å². The van der Waals surface area contributed by atoms with Crippen molar-refractivity contribution in [3.63, 3.8) is 0 Å².